The molecule has 3 atom stereocenters. The molecule has 1 aromatic heterocycles. The van der Waals surface area contributed by atoms with Crippen molar-refractivity contribution in [1.29, 1.82) is 0 Å². The molecular weight excluding hydrogens is 454 g/mol. The van der Waals surface area contributed by atoms with Crippen LogP contribution in [0.25, 0.3) is 0 Å². The first kappa shape index (κ1) is 23.4. The molecule has 0 aliphatic heterocycles. The van der Waals surface area contributed by atoms with E-state index in [-0.39, 0.29) is 0 Å². The zero-order valence-corrected chi connectivity index (χ0v) is 18.4. The summed E-state index contributed by atoms with van der Waals surface area (Å²) in [6, 6.07) is 11.8. The molecule has 2 aromatic rings. The molecular formula is C22H20Cl2F3NO3. The van der Waals surface area contributed by atoms with Crippen LogP contribution in [0, 0.1) is 17.3 Å². The molecule has 166 valence electrons. The summed E-state index contributed by atoms with van der Waals surface area (Å²) >= 11 is 11.2. The Balaban J connectivity index is 1.67. The van der Waals surface area contributed by atoms with Crippen molar-refractivity contribution >= 4 is 29.2 Å². The van der Waals surface area contributed by atoms with Gasteiger partial charge in [0, 0.05) is 11.1 Å². The van der Waals surface area contributed by atoms with Gasteiger partial charge < -0.3 is 9.47 Å². The number of rotatable bonds is 6. The molecule has 3 rings (SSSR count). The van der Waals surface area contributed by atoms with Crippen LogP contribution in [0.3, 0.4) is 0 Å². The minimum atomic E-state index is -4.64. The lowest BCUT2D eigenvalue weighted by Crippen LogP contribution is -2.14. The second-order valence-electron chi connectivity index (χ2n) is 7.87. The third-order valence-electron chi connectivity index (χ3n) is 5.25. The normalized spacial score (nSPS) is 21.4. The third kappa shape index (κ3) is 5.52. The van der Waals surface area contributed by atoms with Crippen molar-refractivity contribution in [2.24, 2.45) is 17.3 Å². The summed E-state index contributed by atoms with van der Waals surface area (Å²) in [6.07, 6.45) is -4.48. The first-order valence-electron chi connectivity index (χ1n) is 9.45. The van der Waals surface area contributed by atoms with Crippen LogP contribution < -0.4 is 4.74 Å². The number of carbonyl (C=O) groups excluding carboxylic acids is 1. The zero-order valence-electron chi connectivity index (χ0n) is 16.9. The van der Waals surface area contributed by atoms with Crippen LogP contribution in [0.4, 0.5) is 13.2 Å². The smallest absolute Gasteiger partial charge is 0.426 e. The van der Waals surface area contributed by atoms with Crippen LogP contribution >= 0.6 is 23.2 Å². The highest BCUT2D eigenvalue weighted by molar-refractivity contribution is 6.30. The number of ether oxygens (including phenoxy) is 2. The molecule has 1 aliphatic carbocycles. The van der Waals surface area contributed by atoms with E-state index in [0.29, 0.717) is 22.3 Å². The van der Waals surface area contributed by atoms with Gasteiger partial charge >= 0.3 is 12.1 Å². The summed E-state index contributed by atoms with van der Waals surface area (Å²) in [5.41, 5.74) is -0.242. The van der Waals surface area contributed by atoms with Gasteiger partial charge in [-0.1, -0.05) is 49.2 Å². The van der Waals surface area contributed by atoms with Crippen LogP contribution in [0.15, 0.2) is 53.6 Å². The largest absolute Gasteiger partial charge is 0.456 e. The van der Waals surface area contributed by atoms with E-state index in [0.717, 1.165) is 6.08 Å². The second kappa shape index (κ2) is 8.71. The fourth-order valence-corrected chi connectivity index (χ4v) is 3.60. The van der Waals surface area contributed by atoms with Crippen molar-refractivity contribution < 1.29 is 27.4 Å². The number of halogens is 5. The average Bonchev–Trinajstić information content (AvgIpc) is 3.23. The topological polar surface area (TPSA) is 48.4 Å². The molecule has 1 heterocycles. The van der Waals surface area contributed by atoms with E-state index in [4.69, 9.17) is 32.7 Å². The van der Waals surface area contributed by atoms with Gasteiger partial charge in [-0.2, -0.15) is 13.2 Å². The van der Waals surface area contributed by atoms with Crippen molar-refractivity contribution in [3.8, 4) is 11.6 Å². The van der Waals surface area contributed by atoms with E-state index < -0.39 is 40.5 Å². The number of allylic oxidation sites excluding steroid dienone is 2. The van der Waals surface area contributed by atoms with E-state index in [1.54, 1.807) is 63.2 Å². The number of pyridine rings is 1. The van der Waals surface area contributed by atoms with Crippen molar-refractivity contribution in [2.75, 3.05) is 0 Å². The minimum absolute atomic E-state index is 0.298. The van der Waals surface area contributed by atoms with E-state index in [1.807, 2.05) is 0 Å². The van der Waals surface area contributed by atoms with E-state index in [2.05, 4.69) is 4.98 Å². The van der Waals surface area contributed by atoms with Gasteiger partial charge in [-0.25, -0.2) is 4.98 Å². The fraction of sp³-hybridized carbons (Fsp3) is 0.364. The van der Waals surface area contributed by atoms with E-state index in [1.165, 1.54) is 0 Å². The fourth-order valence-electron chi connectivity index (χ4n) is 3.34. The van der Waals surface area contributed by atoms with Gasteiger partial charge in [0.15, 0.2) is 0 Å². The molecule has 1 aromatic carbocycles. The number of hydrogen-bond donors (Lipinski definition) is 0. The van der Waals surface area contributed by atoms with Gasteiger partial charge in [0.2, 0.25) is 5.88 Å². The summed E-state index contributed by atoms with van der Waals surface area (Å²) in [4.78, 5) is 17.0. The molecule has 0 bridgehead atoms. The van der Waals surface area contributed by atoms with Gasteiger partial charge in [0.1, 0.15) is 16.9 Å². The molecule has 0 saturated heterocycles. The van der Waals surface area contributed by atoms with Gasteiger partial charge in [0.05, 0.1) is 11.6 Å². The molecule has 1 aliphatic rings. The maximum absolute atomic E-state index is 12.7. The lowest BCUT2D eigenvalue weighted by Gasteiger charge is -2.14. The number of alkyl halides is 3. The van der Waals surface area contributed by atoms with Crippen LogP contribution in [0.2, 0.25) is 5.02 Å². The molecule has 9 heteroatoms. The Labute approximate surface area is 188 Å². The van der Waals surface area contributed by atoms with Crippen LogP contribution in [-0.4, -0.2) is 17.1 Å². The first-order chi connectivity index (χ1) is 14.4. The van der Waals surface area contributed by atoms with Gasteiger partial charge in [-0.05, 0) is 48.6 Å². The number of esters is 1. The molecule has 4 nitrogen and oxygen atoms in total. The molecule has 31 heavy (non-hydrogen) atoms. The van der Waals surface area contributed by atoms with Gasteiger partial charge in [0.25, 0.3) is 0 Å². The highest BCUT2D eigenvalue weighted by atomic mass is 35.5. The number of benzene rings is 1. The van der Waals surface area contributed by atoms with E-state index >= 15 is 0 Å². The number of carbonyl (C=O) groups is 1. The Bertz CT molecular complexity index is 990. The van der Waals surface area contributed by atoms with Crippen molar-refractivity contribution in [3.63, 3.8) is 0 Å². The molecule has 0 spiro atoms. The molecule has 1 saturated carbocycles. The highest BCUT2D eigenvalue weighted by Gasteiger charge is 2.62. The minimum Gasteiger partial charge on any atom is -0.456 e. The third-order valence-corrected chi connectivity index (χ3v) is 5.84. The molecule has 1 fully saturated rings. The highest BCUT2D eigenvalue weighted by Crippen LogP contribution is 2.60. The van der Waals surface area contributed by atoms with Gasteiger partial charge in [-0.3, -0.25) is 4.79 Å². The first-order valence-corrected chi connectivity index (χ1v) is 10.2. The standard InChI is InChI=1S/C22H20Cl2F3NO3/c1-12(16-5-4-6-18(28-16)31-14-9-7-13(23)8-10-14)30-20(29)19-15(21(19,2)3)11-17(24)22(25,26)27/h4-12,15,19H,1-3H3/b17-11-/t12?,15-,19-/m1/s1. The maximum Gasteiger partial charge on any atom is 0.426 e. The van der Waals surface area contributed by atoms with Crippen LogP contribution in [0.1, 0.15) is 32.6 Å². The summed E-state index contributed by atoms with van der Waals surface area (Å²) < 4.78 is 49.3. The van der Waals surface area contributed by atoms with Crippen molar-refractivity contribution in [1.82, 2.24) is 4.98 Å². The Kier molecular flexibility index (Phi) is 6.58. The summed E-state index contributed by atoms with van der Waals surface area (Å²) in [5.74, 6) is -1.15. The molecule has 0 radical (unpaired) electrons. The molecule has 0 N–H and O–H groups in total. The maximum atomic E-state index is 12.7. The molecule has 1 unspecified atom stereocenters. The average molecular weight is 474 g/mol. The van der Waals surface area contributed by atoms with Crippen LogP contribution in [0.5, 0.6) is 11.6 Å². The lowest BCUT2D eigenvalue weighted by molar-refractivity contribution is -0.151. The SMILES string of the molecule is CC(OC(=O)[C@H]1[C@@H](/C=C(\Cl)C(F)(F)F)C1(C)C)c1cccc(Oc2ccc(Cl)cc2)n1. The summed E-state index contributed by atoms with van der Waals surface area (Å²) in [7, 11) is 0. The lowest BCUT2D eigenvalue weighted by atomic mass is 10.1. The zero-order chi connectivity index (χ0) is 23.0. The van der Waals surface area contributed by atoms with Crippen molar-refractivity contribution in [2.45, 2.75) is 33.1 Å². The molecule has 0 amide bonds. The number of aromatic nitrogens is 1. The van der Waals surface area contributed by atoms with E-state index in [9.17, 15) is 18.0 Å². The Morgan fingerprint density at radius 2 is 1.84 bits per heavy atom. The Hall–Kier alpha value is -2.25. The van der Waals surface area contributed by atoms with Crippen LogP contribution in [-0.2, 0) is 9.53 Å². The Morgan fingerprint density at radius 3 is 2.45 bits per heavy atom. The summed E-state index contributed by atoms with van der Waals surface area (Å²) in [5, 5.41) is -0.662. The number of hydrogen-bond acceptors (Lipinski definition) is 4. The second-order valence-corrected chi connectivity index (χ2v) is 8.72. The predicted octanol–water partition coefficient (Wildman–Crippen LogP) is 7.09. The monoisotopic (exact) mass is 473 g/mol. The number of nitrogens with zero attached hydrogens (tertiary/aromatic N) is 1. The van der Waals surface area contributed by atoms with Gasteiger partial charge in [-0.15, -0.1) is 0 Å². The Morgan fingerprint density at radius 1 is 1.19 bits per heavy atom. The summed E-state index contributed by atoms with van der Waals surface area (Å²) in [6.45, 7) is 5.03. The van der Waals surface area contributed by atoms with Crippen molar-refractivity contribution in [3.05, 3.63) is 64.3 Å². The predicted molar refractivity (Wildman–Crippen MR) is 111 cm³/mol. The quantitative estimate of drug-likeness (QED) is 0.420.